The second-order valence-corrected chi connectivity index (χ2v) is 4.42. The first-order valence-electron chi connectivity index (χ1n) is 5.80. The fourth-order valence-corrected chi connectivity index (χ4v) is 2.28. The summed E-state index contributed by atoms with van der Waals surface area (Å²) in [4.78, 5) is 0. The summed E-state index contributed by atoms with van der Waals surface area (Å²) in [6, 6.07) is 14.3. The van der Waals surface area contributed by atoms with Crippen molar-refractivity contribution in [2.75, 3.05) is 0 Å². The van der Waals surface area contributed by atoms with Crippen molar-refractivity contribution < 1.29 is 164 Å². The van der Waals surface area contributed by atoms with E-state index in [0.717, 1.165) is 16.8 Å². The van der Waals surface area contributed by atoms with Gasteiger partial charge in [-0.3, -0.25) is 12.2 Å². The Morgan fingerprint density at radius 2 is 1.52 bits per heavy atom. The summed E-state index contributed by atoms with van der Waals surface area (Å²) < 4.78 is 4.03. The predicted molar refractivity (Wildman–Crippen MR) is 72.8 cm³/mol. The van der Waals surface area contributed by atoms with Crippen molar-refractivity contribution in [2.24, 2.45) is 14.1 Å². The molecule has 0 amide bonds. The van der Waals surface area contributed by atoms with Gasteiger partial charge in [0.15, 0.2) is 0 Å². The second kappa shape index (κ2) is 14.3. The molecule has 0 fully saturated rings. The van der Waals surface area contributed by atoms with Crippen molar-refractivity contribution in [3.05, 3.63) is 66.6 Å². The molecule has 0 aliphatic heterocycles. The standard InChI is InChI=1S/C16H13N2.5Y/c1-12(15-8-5-10-17(15)2)14-7-4-6-13-9-11-18(3)16(13)14;;;;;/h1,4-6,9-11H,2-3H3;;;;;/q-3;;;;;. The minimum Gasteiger partial charge on any atom is -0.478 e. The summed E-state index contributed by atoms with van der Waals surface area (Å²) in [5.74, 6) is 0. The fourth-order valence-electron chi connectivity index (χ4n) is 2.28. The normalized spacial score (nSPS) is 8.61. The molecule has 0 unspecified atom stereocenters. The summed E-state index contributed by atoms with van der Waals surface area (Å²) in [6.07, 6.45) is 3.97. The van der Waals surface area contributed by atoms with Crippen LogP contribution < -0.4 is 0 Å². The minimum absolute atomic E-state index is 0. The zero-order chi connectivity index (χ0) is 12.7. The minimum atomic E-state index is 0. The molecule has 0 aliphatic carbocycles. The number of fused-ring (bicyclic) bond motifs is 1. The Morgan fingerprint density at radius 3 is 2.09 bits per heavy atom. The van der Waals surface area contributed by atoms with Gasteiger partial charge < -0.3 is 9.13 Å². The molecule has 0 saturated heterocycles. The molecule has 5 radical (unpaired) electrons. The zero-order valence-electron chi connectivity index (χ0n) is 13.3. The largest absolute Gasteiger partial charge is 0.478 e. The molecule has 1 aromatic carbocycles. The number of nitrogens with zero attached hydrogens (tertiary/aromatic N) is 2. The SMILES string of the molecule is [CH-]=C(c1[c-]ccc2ccn(C)c12)c1[c-]ccn1C.[Y].[Y].[Y].[Y].[Y]. The average molecular weight is 678 g/mol. The molecular formula is C16H13N2Y5-3. The number of hydrogen-bond donors (Lipinski definition) is 0. The molecule has 23 heavy (non-hydrogen) atoms. The van der Waals surface area contributed by atoms with Gasteiger partial charge in [0, 0.05) is 171 Å². The first-order valence-corrected chi connectivity index (χ1v) is 5.80. The molecule has 105 valence electrons. The number of rotatable bonds is 2. The summed E-state index contributed by atoms with van der Waals surface area (Å²) in [5.41, 5.74) is 3.62. The Morgan fingerprint density at radius 1 is 0.870 bits per heavy atom. The van der Waals surface area contributed by atoms with Crippen LogP contribution in [0.1, 0.15) is 11.3 Å². The van der Waals surface area contributed by atoms with Crippen LogP contribution in [0.25, 0.3) is 16.5 Å². The van der Waals surface area contributed by atoms with Crippen LogP contribution in [0.5, 0.6) is 0 Å². The van der Waals surface area contributed by atoms with Crippen LogP contribution in [0.15, 0.2) is 36.7 Å². The molecule has 7 heteroatoms. The summed E-state index contributed by atoms with van der Waals surface area (Å²) in [6.45, 7) is 6.28. The smallest absolute Gasteiger partial charge is 0.000291 e. The average Bonchev–Trinajstić information content (AvgIpc) is 2.95. The van der Waals surface area contributed by atoms with E-state index < -0.39 is 0 Å². The Hall–Kier alpha value is 3.30. The van der Waals surface area contributed by atoms with E-state index in [0.29, 0.717) is 5.57 Å². The van der Waals surface area contributed by atoms with Crippen molar-refractivity contribution in [2.45, 2.75) is 0 Å². The van der Waals surface area contributed by atoms with Gasteiger partial charge in [-0.1, -0.05) is 17.0 Å². The van der Waals surface area contributed by atoms with Crippen molar-refractivity contribution >= 4 is 16.5 Å². The van der Waals surface area contributed by atoms with Gasteiger partial charge in [-0.25, -0.2) is 17.7 Å². The van der Waals surface area contributed by atoms with Crippen LogP contribution in [0, 0.1) is 18.7 Å². The molecule has 0 spiro atoms. The van der Waals surface area contributed by atoms with Gasteiger partial charge in [0.05, 0.1) is 0 Å². The van der Waals surface area contributed by atoms with Crippen LogP contribution in [-0.4, -0.2) is 9.13 Å². The Bertz CT molecular complexity index is 746. The van der Waals surface area contributed by atoms with Crippen LogP contribution in [0.3, 0.4) is 0 Å². The summed E-state index contributed by atoms with van der Waals surface area (Å²) >= 11 is 0. The maximum atomic E-state index is 6.28. The van der Waals surface area contributed by atoms with E-state index in [9.17, 15) is 0 Å². The maximum absolute atomic E-state index is 6.28. The maximum Gasteiger partial charge on any atom is 0.000291 e. The third-order valence-electron chi connectivity index (χ3n) is 3.23. The fraction of sp³-hybridized carbons (Fsp3) is 0.125. The first-order chi connectivity index (χ1) is 8.68. The third-order valence-corrected chi connectivity index (χ3v) is 3.23. The first kappa shape index (κ1) is 31.0. The van der Waals surface area contributed by atoms with Gasteiger partial charge in [-0.15, -0.1) is 12.3 Å². The molecule has 3 aromatic rings. The topological polar surface area (TPSA) is 9.86 Å². The Balaban J connectivity index is -0.000000800. The monoisotopic (exact) mass is 678 g/mol. The molecule has 2 aromatic heterocycles. The van der Waals surface area contributed by atoms with Gasteiger partial charge >= 0.3 is 0 Å². The molecule has 0 aliphatic rings. The van der Waals surface area contributed by atoms with E-state index in [4.69, 9.17) is 6.58 Å². The number of hydrogen-bond acceptors (Lipinski definition) is 0. The van der Waals surface area contributed by atoms with Gasteiger partial charge in [0.2, 0.25) is 0 Å². The van der Waals surface area contributed by atoms with Crippen LogP contribution in [-0.2, 0) is 178 Å². The quantitative estimate of drug-likeness (QED) is 0.370. The number of aromatic nitrogens is 2. The molecule has 0 atom stereocenters. The van der Waals surface area contributed by atoms with Crippen LogP contribution in [0.2, 0.25) is 0 Å². The van der Waals surface area contributed by atoms with E-state index in [2.05, 4.69) is 22.8 Å². The van der Waals surface area contributed by atoms with Crippen LogP contribution >= 0.6 is 0 Å². The molecule has 0 bridgehead atoms. The van der Waals surface area contributed by atoms with Gasteiger partial charge in [-0.05, 0) is 13.2 Å². The molecule has 2 nitrogen and oxygen atoms in total. The van der Waals surface area contributed by atoms with E-state index in [1.807, 2.05) is 49.3 Å². The molecular weight excluding hydrogens is 665 g/mol. The van der Waals surface area contributed by atoms with E-state index in [1.54, 1.807) is 0 Å². The molecule has 0 saturated carbocycles. The third kappa shape index (κ3) is 7.00. The number of aryl methyl sites for hydroxylation is 2. The molecule has 3 rings (SSSR count). The number of benzene rings is 1. The van der Waals surface area contributed by atoms with Crippen molar-refractivity contribution in [3.63, 3.8) is 0 Å². The Kier molecular flexibility index (Phi) is 19.3. The predicted octanol–water partition coefficient (Wildman–Crippen LogP) is 2.97. The second-order valence-electron chi connectivity index (χ2n) is 4.42. The molecule has 2 heterocycles. The van der Waals surface area contributed by atoms with Crippen molar-refractivity contribution in [1.82, 2.24) is 9.13 Å². The van der Waals surface area contributed by atoms with E-state index in [1.165, 1.54) is 5.39 Å². The van der Waals surface area contributed by atoms with Crippen molar-refractivity contribution in [3.8, 4) is 0 Å². The van der Waals surface area contributed by atoms with Gasteiger partial charge in [0.1, 0.15) is 0 Å². The van der Waals surface area contributed by atoms with Gasteiger partial charge in [0.25, 0.3) is 0 Å². The molecule has 0 N–H and O–H groups in total. The van der Waals surface area contributed by atoms with E-state index in [-0.39, 0.29) is 164 Å². The summed E-state index contributed by atoms with van der Waals surface area (Å²) in [7, 11) is 3.98. The Labute approximate surface area is 264 Å². The van der Waals surface area contributed by atoms with Gasteiger partial charge in [-0.2, -0.15) is 17.8 Å². The van der Waals surface area contributed by atoms with E-state index >= 15 is 0 Å². The summed E-state index contributed by atoms with van der Waals surface area (Å²) in [5, 5.41) is 1.17. The van der Waals surface area contributed by atoms with Crippen LogP contribution in [0.4, 0.5) is 0 Å². The zero-order valence-corrected chi connectivity index (χ0v) is 27.5. The van der Waals surface area contributed by atoms with Crippen molar-refractivity contribution in [1.29, 1.82) is 0 Å².